The first-order valence-corrected chi connectivity index (χ1v) is 5.46. The molecule has 1 aliphatic rings. The van der Waals surface area contributed by atoms with Crippen molar-refractivity contribution in [2.75, 3.05) is 6.54 Å². The summed E-state index contributed by atoms with van der Waals surface area (Å²) in [7, 11) is 0. The number of halogens is 4. The van der Waals surface area contributed by atoms with E-state index in [-0.39, 0.29) is 11.1 Å². The minimum absolute atomic E-state index is 0.000185. The van der Waals surface area contributed by atoms with Crippen molar-refractivity contribution in [3.63, 3.8) is 0 Å². The highest BCUT2D eigenvalue weighted by Gasteiger charge is 2.32. The molecule has 1 saturated heterocycles. The minimum Gasteiger partial charge on any atom is -0.310 e. The molecule has 0 spiro atoms. The summed E-state index contributed by atoms with van der Waals surface area (Å²) in [4.78, 5) is 0. The van der Waals surface area contributed by atoms with E-state index in [2.05, 4.69) is 5.32 Å². The van der Waals surface area contributed by atoms with Crippen LogP contribution in [0.25, 0.3) is 0 Å². The van der Waals surface area contributed by atoms with Crippen LogP contribution in [0.4, 0.5) is 13.2 Å². The van der Waals surface area contributed by atoms with Crippen LogP contribution in [-0.4, -0.2) is 6.54 Å². The van der Waals surface area contributed by atoms with Gasteiger partial charge >= 0.3 is 6.18 Å². The van der Waals surface area contributed by atoms with E-state index >= 15 is 0 Å². The Morgan fingerprint density at radius 3 is 2.56 bits per heavy atom. The lowest BCUT2D eigenvalue weighted by Gasteiger charge is -2.14. The summed E-state index contributed by atoms with van der Waals surface area (Å²) < 4.78 is 37.7. The van der Waals surface area contributed by atoms with Crippen LogP contribution in [0.2, 0.25) is 5.02 Å². The fourth-order valence-electron chi connectivity index (χ4n) is 1.95. The van der Waals surface area contributed by atoms with Crippen LogP contribution >= 0.6 is 11.6 Å². The van der Waals surface area contributed by atoms with Crippen molar-refractivity contribution in [3.05, 3.63) is 34.3 Å². The van der Waals surface area contributed by atoms with Crippen LogP contribution in [0, 0.1) is 0 Å². The van der Waals surface area contributed by atoms with Gasteiger partial charge in [-0.3, -0.25) is 0 Å². The maximum Gasteiger partial charge on any atom is 0.416 e. The molecule has 1 N–H and O–H groups in total. The molecule has 0 bridgehead atoms. The fourth-order valence-corrected chi connectivity index (χ4v) is 2.19. The molecule has 88 valence electrons. The smallest absolute Gasteiger partial charge is 0.310 e. The van der Waals surface area contributed by atoms with E-state index in [0.717, 1.165) is 25.5 Å². The van der Waals surface area contributed by atoms with Crippen molar-refractivity contribution < 1.29 is 13.2 Å². The molecule has 0 unspecified atom stereocenters. The second-order valence-electron chi connectivity index (χ2n) is 3.92. The summed E-state index contributed by atoms with van der Waals surface area (Å²) in [6, 6.07) is 3.73. The van der Waals surface area contributed by atoms with Crippen LogP contribution in [0.3, 0.4) is 0 Å². The standard InChI is InChI=1S/C11H11ClF3N/c12-9-5-7(10-2-1-3-16-10)4-8(6-9)11(13,14)15/h4-6,10,16H,1-3H2/t10-/m1/s1. The summed E-state index contributed by atoms with van der Waals surface area (Å²) in [5.41, 5.74) is -0.0546. The van der Waals surface area contributed by atoms with E-state index in [1.807, 2.05) is 0 Å². The Morgan fingerprint density at radius 2 is 2.00 bits per heavy atom. The van der Waals surface area contributed by atoms with Crippen molar-refractivity contribution in [2.24, 2.45) is 0 Å². The lowest BCUT2D eigenvalue weighted by Crippen LogP contribution is -2.14. The number of hydrogen-bond donors (Lipinski definition) is 1. The Bertz CT molecular complexity index is 383. The lowest BCUT2D eigenvalue weighted by molar-refractivity contribution is -0.137. The molecule has 0 aliphatic carbocycles. The van der Waals surface area contributed by atoms with Crippen LogP contribution in [-0.2, 0) is 6.18 Å². The maximum atomic E-state index is 12.6. The van der Waals surface area contributed by atoms with E-state index in [4.69, 9.17) is 11.6 Å². The van der Waals surface area contributed by atoms with Gasteiger partial charge in [-0.2, -0.15) is 13.2 Å². The second-order valence-corrected chi connectivity index (χ2v) is 4.36. The molecular weight excluding hydrogens is 239 g/mol. The third kappa shape index (κ3) is 2.50. The summed E-state index contributed by atoms with van der Waals surface area (Å²) in [6.45, 7) is 0.846. The molecule has 5 heteroatoms. The quantitative estimate of drug-likeness (QED) is 0.799. The Labute approximate surface area is 96.6 Å². The Kier molecular flexibility index (Phi) is 3.13. The average Bonchev–Trinajstić information content (AvgIpc) is 2.68. The van der Waals surface area contributed by atoms with Gasteiger partial charge < -0.3 is 5.32 Å². The molecule has 0 amide bonds. The summed E-state index contributed by atoms with van der Waals surface area (Å²) >= 11 is 5.71. The Morgan fingerprint density at radius 1 is 1.25 bits per heavy atom. The van der Waals surface area contributed by atoms with Gasteiger partial charge in [-0.1, -0.05) is 11.6 Å². The highest BCUT2D eigenvalue weighted by atomic mass is 35.5. The highest BCUT2D eigenvalue weighted by Crippen LogP contribution is 2.34. The van der Waals surface area contributed by atoms with Crippen LogP contribution in [0.1, 0.15) is 30.0 Å². The molecule has 2 rings (SSSR count). The van der Waals surface area contributed by atoms with Gasteiger partial charge in [0.25, 0.3) is 0 Å². The molecule has 16 heavy (non-hydrogen) atoms. The van der Waals surface area contributed by atoms with Crippen molar-refractivity contribution in [1.29, 1.82) is 0 Å². The average molecular weight is 250 g/mol. The molecule has 0 saturated carbocycles. The molecule has 1 aromatic carbocycles. The molecule has 0 aromatic heterocycles. The van der Waals surface area contributed by atoms with E-state index in [1.165, 1.54) is 6.07 Å². The molecule has 1 aromatic rings. The van der Waals surface area contributed by atoms with Crippen molar-refractivity contribution >= 4 is 11.6 Å². The van der Waals surface area contributed by atoms with Crippen molar-refractivity contribution in [2.45, 2.75) is 25.1 Å². The molecular formula is C11H11ClF3N. The highest BCUT2D eigenvalue weighted by molar-refractivity contribution is 6.30. The molecule has 0 radical (unpaired) electrons. The molecule has 1 fully saturated rings. The molecule has 1 aliphatic heterocycles. The number of hydrogen-bond acceptors (Lipinski definition) is 1. The second kappa shape index (κ2) is 4.26. The SMILES string of the molecule is FC(F)(F)c1cc(Cl)cc([C@H]2CCCN2)c1. The normalized spacial score (nSPS) is 21.4. The summed E-state index contributed by atoms with van der Waals surface area (Å²) in [5.74, 6) is 0. The topological polar surface area (TPSA) is 12.0 Å². The first-order valence-electron chi connectivity index (χ1n) is 5.08. The number of nitrogens with one attached hydrogen (secondary N) is 1. The van der Waals surface area contributed by atoms with E-state index in [9.17, 15) is 13.2 Å². The molecule has 1 atom stereocenters. The van der Waals surface area contributed by atoms with E-state index in [0.29, 0.717) is 5.56 Å². The van der Waals surface area contributed by atoms with Crippen LogP contribution in [0.5, 0.6) is 0 Å². The Hall–Kier alpha value is -0.740. The first kappa shape index (κ1) is 11.7. The number of rotatable bonds is 1. The Balaban J connectivity index is 2.35. The monoisotopic (exact) mass is 249 g/mol. The van der Waals surface area contributed by atoms with E-state index in [1.54, 1.807) is 6.07 Å². The summed E-state index contributed by atoms with van der Waals surface area (Å²) in [5, 5.41) is 3.29. The zero-order chi connectivity index (χ0) is 11.8. The number of alkyl halides is 3. The van der Waals surface area contributed by atoms with Gasteiger partial charge in [0.1, 0.15) is 0 Å². The third-order valence-corrected chi connectivity index (χ3v) is 2.93. The van der Waals surface area contributed by atoms with Crippen LogP contribution < -0.4 is 5.32 Å². The van der Waals surface area contributed by atoms with Gasteiger partial charge in [0.05, 0.1) is 5.56 Å². The zero-order valence-electron chi connectivity index (χ0n) is 8.44. The predicted molar refractivity (Wildman–Crippen MR) is 56.4 cm³/mol. The van der Waals surface area contributed by atoms with Gasteiger partial charge in [0.2, 0.25) is 0 Å². The van der Waals surface area contributed by atoms with Gasteiger partial charge in [0, 0.05) is 11.1 Å². The van der Waals surface area contributed by atoms with Gasteiger partial charge in [-0.05, 0) is 43.1 Å². The third-order valence-electron chi connectivity index (χ3n) is 2.71. The minimum atomic E-state index is -4.34. The van der Waals surface area contributed by atoms with Crippen molar-refractivity contribution in [3.8, 4) is 0 Å². The predicted octanol–water partition coefficient (Wildman–Crippen LogP) is 3.78. The van der Waals surface area contributed by atoms with E-state index < -0.39 is 11.7 Å². The van der Waals surface area contributed by atoms with Crippen LogP contribution in [0.15, 0.2) is 18.2 Å². The molecule has 1 heterocycles. The first-order chi connectivity index (χ1) is 7.47. The zero-order valence-corrected chi connectivity index (χ0v) is 9.20. The number of benzene rings is 1. The van der Waals surface area contributed by atoms with Crippen molar-refractivity contribution in [1.82, 2.24) is 5.32 Å². The fraction of sp³-hybridized carbons (Fsp3) is 0.455. The maximum absolute atomic E-state index is 12.6. The summed E-state index contributed by atoms with van der Waals surface area (Å²) in [6.07, 6.45) is -2.49. The van der Waals surface area contributed by atoms with Gasteiger partial charge in [-0.15, -0.1) is 0 Å². The van der Waals surface area contributed by atoms with Gasteiger partial charge in [0.15, 0.2) is 0 Å². The lowest BCUT2D eigenvalue weighted by atomic mass is 10.0. The largest absolute Gasteiger partial charge is 0.416 e. The van der Waals surface area contributed by atoms with Gasteiger partial charge in [-0.25, -0.2) is 0 Å². The molecule has 1 nitrogen and oxygen atoms in total.